The number of anilines is 1. The van der Waals surface area contributed by atoms with E-state index in [0.717, 1.165) is 60.4 Å². The van der Waals surface area contributed by atoms with Crippen molar-refractivity contribution >= 4 is 64.1 Å². The van der Waals surface area contributed by atoms with Gasteiger partial charge < -0.3 is 25.5 Å². The predicted molar refractivity (Wildman–Crippen MR) is 153 cm³/mol. The number of benzene rings is 1. The molecular formula is C28H30IN3O6. The first-order valence-corrected chi connectivity index (χ1v) is 13.1. The quantitative estimate of drug-likeness (QED) is 0.131. The molecule has 0 aliphatic carbocycles. The highest BCUT2D eigenvalue weighted by Gasteiger charge is 2.25. The van der Waals surface area contributed by atoms with Gasteiger partial charge >= 0.3 is 11.9 Å². The predicted octanol–water partition coefficient (Wildman–Crippen LogP) is 5.21. The maximum atomic E-state index is 12.3. The Balaban J connectivity index is 0.000000244. The van der Waals surface area contributed by atoms with Crippen molar-refractivity contribution in [3.63, 3.8) is 0 Å². The van der Waals surface area contributed by atoms with Crippen molar-refractivity contribution in [2.24, 2.45) is 0 Å². The van der Waals surface area contributed by atoms with Crippen LogP contribution in [0.5, 0.6) is 0 Å². The maximum Gasteiger partial charge on any atom is 0.303 e. The fraction of sp³-hybridized carbons (Fsp3) is 0.286. The summed E-state index contributed by atoms with van der Waals surface area (Å²) in [5.41, 5.74) is 9.36. The molecule has 0 radical (unpaired) electrons. The molecule has 0 fully saturated rings. The van der Waals surface area contributed by atoms with Gasteiger partial charge in [0.1, 0.15) is 0 Å². The van der Waals surface area contributed by atoms with E-state index in [2.05, 4.69) is 37.9 Å². The number of carboxylic acid groups (broad SMARTS) is 2. The normalized spacial score (nSPS) is 13.1. The molecule has 9 nitrogen and oxygen atoms in total. The molecule has 0 saturated heterocycles. The van der Waals surface area contributed by atoms with Gasteiger partial charge in [-0.1, -0.05) is 0 Å². The number of hydrogen-bond acceptors (Lipinski definition) is 4. The molecule has 0 atom stereocenters. The Morgan fingerprint density at radius 3 is 1.92 bits per heavy atom. The third kappa shape index (κ3) is 6.60. The zero-order chi connectivity index (χ0) is 28.1. The molecule has 1 aliphatic rings. The van der Waals surface area contributed by atoms with E-state index in [9.17, 15) is 19.2 Å². The van der Waals surface area contributed by atoms with E-state index in [-0.39, 0.29) is 18.7 Å². The van der Waals surface area contributed by atoms with Gasteiger partial charge in [0.15, 0.2) is 6.29 Å². The lowest BCUT2D eigenvalue weighted by Crippen LogP contribution is -2.03. The molecular weight excluding hydrogens is 601 g/mol. The van der Waals surface area contributed by atoms with E-state index in [1.807, 2.05) is 52.0 Å². The van der Waals surface area contributed by atoms with E-state index >= 15 is 0 Å². The summed E-state index contributed by atoms with van der Waals surface area (Å²) < 4.78 is 1.07. The van der Waals surface area contributed by atoms with E-state index in [1.165, 1.54) is 0 Å². The minimum Gasteiger partial charge on any atom is -0.481 e. The molecule has 10 heteroatoms. The minimum atomic E-state index is -0.822. The highest BCUT2D eigenvalue weighted by Crippen LogP contribution is 2.35. The average Bonchev–Trinajstić information content (AvgIpc) is 3.41. The van der Waals surface area contributed by atoms with Crippen molar-refractivity contribution in [3.05, 3.63) is 72.4 Å². The monoisotopic (exact) mass is 631 g/mol. The number of rotatable bonds is 8. The number of carboxylic acids is 2. The molecule has 0 bridgehead atoms. The molecule has 1 aliphatic heterocycles. The van der Waals surface area contributed by atoms with Gasteiger partial charge in [0.2, 0.25) is 0 Å². The number of carbonyl (C=O) groups is 4. The first-order chi connectivity index (χ1) is 17.9. The van der Waals surface area contributed by atoms with Crippen LogP contribution < -0.4 is 5.32 Å². The Morgan fingerprint density at radius 2 is 1.42 bits per heavy atom. The molecule has 3 aromatic rings. The summed E-state index contributed by atoms with van der Waals surface area (Å²) in [5, 5.41) is 20.3. The van der Waals surface area contributed by atoms with Gasteiger partial charge in [-0.2, -0.15) is 0 Å². The summed E-state index contributed by atoms with van der Waals surface area (Å²) in [4.78, 5) is 50.3. The Morgan fingerprint density at radius 1 is 0.895 bits per heavy atom. The highest BCUT2D eigenvalue weighted by molar-refractivity contribution is 14.1. The topological polar surface area (TPSA) is 152 Å². The van der Waals surface area contributed by atoms with Crippen LogP contribution in [-0.4, -0.2) is 44.3 Å². The number of aromatic amines is 2. The fourth-order valence-corrected chi connectivity index (χ4v) is 5.05. The largest absolute Gasteiger partial charge is 0.481 e. The molecule has 0 spiro atoms. The van der Waals surface area contributed by atoms with Crippen molar-refractivity contribution in [2.75, 3.05) is 5.32 Å². The van der Waals surface area contributed by atoms with Crippen molar-refractivity contribution in [2.45, 2.75) is 53.4 Å². The smallest absolute Gasteiger partial charge is 0.303 e. The van der Waals surface area contributed by atoms with Gasteiger partial charge in [-0.15, -0.1) is 0 Å². The number of hydrogen-bond donors (Lipinski definition) is 5. The van der Waals surface area contributed by atoms with Crippen LogP contribution in [0.1, 0.15) is 68.2 Å². The van der Waals surface area contributed by atoms with Crippen molar-refractivity contribution in [1.29, 1.82) is 0 Å². The number of fused-ring (bicyclic) bond motifs is 1. The van der Waals surface area contributed by atoms with Crippen LogP contribution in [0, 0.1) is 31.3 Å². The number of amides is 1. The van der Waals surface area contributed by atoms with Crippen LogP contribution >= 0.6 is 22.6 Å². The van der Waals surface area contributed by atoms with Crippen LogP contribution in [0.25, 0.3) is 11.6 Å². The van der Waals surface area contributed by atoms with Gasteiger partial charge in [0.25, 0.3) is 5.91 Å². The van der Waals surface area contributed by atoms with Gasteiger partial charge in [0, 0.05) is 44.7 Å². The van der Waals surface area contributed by atoms with E-state index in [1.54, 1.807) is 0 Å². The fourth-order valence-electron chi connectivity index (χ4n) is 4.55. The van der Waals surface area contributed by atoms with E-state index < -0.39 is 11.9 Å². The lowest BCUT2D eigenvalue weighted by molar-refractivity contribution is -0.138. The van der Waals surface area contributed by atoms with Crippen LogP contribution in [0.15, 0.2) is 18.2 Å². The maximum absolute atomic E-state index is 12.3. The SMILES string of the molecule is Cc1[nH]c(C=C2C(=O)Nc3ccc(I)cc32)c(C)c1CCC(=O)O.Cc1[nH]c(C=O)c(C)c1CCC(=O)O. The summed E-state index contributed by atoms with van der Waals surface area (Å²) in [6, 6.07) is 5.84. The number of aldehydes is 1. The third-order valence-electron chi connectivity index (χ3n) is 6.61. The van der Waals surface area contributed by atoms with Crippen molar-refractivity contribution in [1.82, 2.24) is 9.97 Å². The highest BCUT2D eigenvalue weighted by atomic mass is 127. The number of carbonyl (C=O) groups excluding carboxylic acids is 2. The number of aryl methyl sites for hydroxylation is 2. The second-order valence-electron chi connectivity index (χ2n) is 9.14. The van der Waals surface area contributed by atoms with Crippen LogP contribution in [0.3, 0.4) is 0 Å². The molecule has 4 rings (SSSR count). The Hall–Kier alpha value is -3.67. The zero-order valence-electron chi connectivity index (χ0n) is 21.6. The molecule has 3 heterocycles. The lowest BCUT2D eigenvalue weighted by atomic mass is 10.0. The Bertz CT molecular complexity index is 1450. The average molecular weight is 631 g/mol. The molecule has 1 aromatic carbocycles. The number of nitrogens with one attached hydrogen (secondary N) is 3. The molecule has 200 valence electrons. The van der Waals surface area contributed by atoms with Crippen molar-refractivity contribution in [3.8, 4) is 0 Å². The number of aromatic nitrogens is 2. The molecule has 38 heavy (non-hydrogen) atoms. The molecule has 2 aromatic heterocycles. The second kappa shape index (κ2) is 12.2. The first kappa shape index (κ1) is 28.9. The van der Waals surface area contributed by atoms with Gasteiger partial charge in [-0.3, -0.25) is 19.2 Å². The molecule has 5 N–H and O–H groups in total. The number of H-pyrrole nitrogens is 2. The number of aliphatic carboxylic acids is 2. The Kier molecular flexibility index (Phi) is 9.31. The molecule has 1 amide bonds. The van der Waals surface area contributed by atoms with E-state index in [0.29, 0.717) is 24.1 Å². The van der Waals surface area contributed by atoms with Crippen LogP contribution in [-0.2, 0) is 27.2 Å². The zero-order valence-corrected chi connectivity index (χ0v) is 23.8. The lowest BCUT2D eigenvalue weighted by Gasteiger charge is -2.01. The van der Waals surface area contributed by atoms with E-state index in [4.69, 9.17) is 10.2 Å². The molecule has 0 unspecified atom stereocenters. The minimum absolute atomic E-state index is 0.0943. The Labute approximate surface area is 233 Å². The third-order valence-corrected chi connectivity index (χ3v) is 7.28. The van der Waals surface area contributed by atoms with Crippen LogP contribution in [0.2, 0.25) is 0 Å². The van der Waals surface area contributed by atoms with Crippen LogP contribution in [0.4, 0.5) is 5.69 Å². The summed E-state index contributed by atoms with van der Waals surface area (Å²) in [5.74, 6) is -1.75. The summed E-state index contributed by atoms with van der Waals surface area (Å²) in [6.45, 7) is 7.55. The second-order valence-corrected chi connectivity index (χ2v) is 10.4. The summed E-state index contributed by atoms with van der Waals surface area (Å²) in [6.07, 6.45) is 3.75. The summed E-state index contributed by atoms with van der Waals surface area (Å²) >= 11 is 2.22. The van der Waals surface area contributed by atoms with Gasteiger partial charge in [-0.05, 0) is 110 Å². The summed E-state index contributed by atoms with van der Waals surface area (Å²) in [7, 11) is 0. The standard InChI is InChI=1S/C18H17IN2O3.C10H13NO3/c1-9-12(4-6-17(22)23)10(2)20-16(9)8-14-13-7-11(19)3-5-15(13)21-18(14)24;1-6-8(3-4-10(13)14)7(2)11-9(6)5-12/h3,5,7-8,20H,4,6H2,1-2H3,(H,21,24)(H,22,23);5,11H,3-4H2,1-2H3,(H,13,14). The van der Waals surface area contributed by atoms with Gasteiger partial charge in [0.05, 0.1) is 11.3 Å². The van der Waals surface area contributed by atoms with Crippen molar-refractivity contribution < 1.29 is 29.4 Å². The molecule has 0 saturated carbocycles. The number of halogens is 1. The van der Waals surface area contributed by atoms with Gasteiger partial charge in [-0.25, -0.2) is 0 Å². The first-order valence-electron chi connectivity index (χ1n) is 12.0.